The van der Waals surface area contributed by atoms with Crippen molar-refractivity contribution >= 4 is 11.7 Å². The number of amides is 1. The summed E-state index contributed by atoms with van der Waals surface area (Å²) in [7, 11) is 0. The van der Waals surface area contributed by atoms with Crippen LogP contribution in [0.5, 0.6) is 0 Å². The van der Waals surface area contributed by atoms with E-state index in [1.165, 1.54) is 25.0 Å². The molecule has 5 nitrogen and oxygen atoms in total. The molecule has 2 aliphatic rings. The molecule has 2 aromatic rings. The minimum Gasteiger partial charge on any atom is -0.352 e. The Hall–Kier alpha value is -2.64. The third-order valence-electron chi connectivity index (χ3n) is 5.26. The average Bonchev–Trinajstić information content (AvgIpc) is 3.53. The molecule has 2 fully saturated rings. The third-order valence-corrected chi connectivity index (χ3v) is 5.26. The SMILES string of the molecule is O=C(Cc1ccc(C(F)(F)F)cc1)N1CCN(c2ccc(C3CC3)nn2)CC1. The Morgan fingerprint density at radius 1 is 0.964 bits per heavy atom. The summed E-state index contributed by atoms with van der Waals surface area (Å²) >= 11 is 0. The normalized spacial score (nSPS) is 17.7. The summed E-state index contributed by atoms with van der Waals surface area (Å²) in [5.74, 6) is 1.31. The molecular weight excluding hydrogens is 369 g/mol. The lowest BCUT2D eigenvalue weighted by atomic mass is 10.1. The number of piperazine rings is 1. The lowest BCUT2D eigenvalue weighted by Gasteiger charge is -2.35. The van der Waals surface area contributed by atoms with Crippen molar-refractivity contribution in [2.45, 2.75) is 31.4 Å². The Balaban J connectivity index is 1.30. The first-order chi connectivity index (χ1) is 13.4. The van der Waals surface area contributed by atoms with E-state index < -0.39 is 11.7 Å². The topological polar surface area (TPSA) is 49.3 Å². The van der Waals surface area contributed by atoms with E-state index in [4.69, 9.17) is 0 Å². The molecule has 148 valence electrons. The molecule has 0 N–H and O–H groups in total. The summed E-state index contributed by atoms with van der Waals surface area (Å²) in [6.07, 6.45) is -1.88. The first-order valence-electron chi connectivity index (χ1n) is 9.42. The summed E-state index contributed by atoms with van der Waals surface area (Å²) in [6.45, 7) is 2.45. The summed E-state index contributed by atoms with van der Waals surface area (Å²) < 4.78 is 37.9. The maximum atomic E-state index is 12.6. The van der Waals surface area contributed by atoms with Crippen LogP contribution < -0.4 is 4.90 Å². The van der Waals surface area contributed by atoms with Crippen LogP contribution in [0.1, 0.15) is 35.6 Å². The summed E-state index contributed by atoms with van der Waals surface area (Å²) in [6, 6.07) is 8.79. The zero-order valence-corrected chi connectivity index (χ0v) is 15.3. The predicted octanol–water partition coefficient (Wildman–Crippen LogP) is 3.26. The molecular formula is C20H21F3N4O. The zero-order chi connectivity index (χ0) is 19.7. The van der Waals surface area contributed by atoms with E-state index in [2.05, 4.69) is 15.1 Å². The van der Waals surface area contributed by atoms with Crippen LogP contribution in [-0.2, 0) is 17.4 Å². The minimum absolute atomic E-state index is 0.0745. The number of carbonyl (C=O) groups is 1. The number of nitrogens with zero attached hydrogens (tertiary/aromatic N) is 4. The van der Waals surface area contributed by atoms with Gasteiger partial charge in [-0.15, -0.1) is 5.10 Å². The van der Waals surface area contributed by atoms with Gasteiger partial charge in [-0.25, -0.2) is 0 Å². The van der Waals surface area contributed by atoms with Crippen LogP contribution >= 0.6 is 0 Å². The predicted molar refractivity (Wildman–Crippen MR) is 97.9 cm³/mol. The maximum absolute atomic E-state index is 12.6. The number of halogens is 3. The number of hydrogen-bond donors (Lipinski definition) is 0. The molecule has 1 amide bonds. The van der Waals surface area contributed by atoms with E-state index in [9.17, 15) is 18.0 Å². The molecule has 28 heavy (non-hydrogen) atoms. The standard InChI is InChI=1S/C20H21F3N4O/c21-20(22,23)16-5-1-14(2-6-16)13-19(28)27-11-9-26(10-12-27)18-8-7-17(24-25-18)15-3-4-15/h1-2,5-8,15H,3-4,9-13H2. The Morgan fingerprint density at radius 3 is 2.18 bits per heavy atom. The van der Waals surface area contributed by atoms with Crippen LogP contribution in [0.15, 0.2) is 36.4 Å². The molecule has 0 radical (unpaired) electrons. The second-order valence-corrected chi connectivity index (χ2v) is 7.33. The van der Waals surface area contributed by atoms with Gasteiger partial charge in [0.1, 0.15) is 0 Å². The second kappa shape index (κ2) is 7.41. The molecule has 1 aliphatic heterocycles. The Labute approximate surface area is 161 Å². The number of aromatic nitrogens is 2. The molecule has 1 saturated carbocycles. The Kier molecular flexibility index (Phi) is 4.95. The van der Waals surface area contributed by atoms with Crippen LogP contribution in [0.4, 0.5) is 19.0 Å². The summed E-state index contributed by atoms with van der Waals surface area (Å²) in [4.78, 5) is 16.3. The van der Waals surface area contributed by atoms with Crippen molar-refractivity contribution in [1.29, 1.82) is 0 Å². The quantitative estimate of drug-likeness (QED) is 0.804. The molecule has 8 heteroatoms. The number of carbonyl (C=O) groups excluding carboxylic acids is 1. The molecule has 1 aromatic heterocycles. The number of hydrogen-bond acceptors (Lipinski definition) is 4. The molecule has 2 heterocycles. The molecule has 1 aromatic carbocycles. The van der Waals surface area contributed by atoms with Crippen molar-refractivity contribution in [3.63, 3.8) is 0 Å². The number of alkyl halides is 3. The molecule has 4 rings (SSSR count). The van der Waals surface area contributed by atoms with Gasteiger partial charge >= 0.3 is 6.18 Å². The van der Waals surface area contributed by atoms with Gasteiger partial charge in [-0.05, 0) is 42.7 Å². The van der Waals surface area contributed by atoms with Crippen molar-refractivity contribution in [1.82, 2.24) is 15.1 Å². The fourth-order valence-electron chi connectivity index (χ4n) is 3.38. The van der Waals surface area contributed by atoms with E-state index in [1.807, 2.05) is 12.1 Å². The van der Waals surface area contributed by atoms with Crippen LogP contribution in [0.2, 0.25) is 0 Å². The smallest absolute Gasteiger partial charge is 0.352 e. The van der Waals surface area contributed by atoms with Gasteiger partial charge in [0.2, 0.25) is 5.91 Å². The van der Waals surface area contributed by atoms with Gasteiger partial charge in [-0.2, -0.15) is 18.3 Å². The highest BCUT2D eigenvalue weighted by atomic mass is 19.4. The fraction of sp³-hybridized carbons (Fsp3) is 0.450. The van der Waals surface area contributed by atoms with Gasteiger partial charge in [-0.1, -0.05) is 12.1 Å². The number of rotatable bonds is 4. The lowest BCUT2D eigenvalue weighted by molar-refractivity contribution is -0.137. The summed E-state index contributed by atoms with van der Waals surface area (Å²) in [5.41, 5.74) is 0.933. The largest absolute Gasteiger partial charge is 0.416 e. The third kappa shape index (κ3) is 4.26. The Bertz CT molecular complexity index is 824. The van der Waals surface area contributed by atoms with Gasteiger partial charge in [0.05, 0.1) is 17.7 Å². The molecule has 0 bridgehead atoms. The van der Waals surface area contributed by atoms with Gasteiger partial charge in [0.15, 0.2) is 5.82 Å². The van der Waals surface area contributed by atoms with Gasteiger partial charge in [0, 0.05) is 32.1 Å². The van der Waals surface area contributed by atoms with Crippen LogP contribution in [0, 0.1) is 0 Å². The van der Waals surface area contributed by atoms with E-state index in [-0.39, 0.29) is 12.3 Å². The Morgan fingerprint density at radius 2 is 1.64 bits per heavy atom. The van der Waals surface area contributed by atoms with Gasteiger partial charge in [0.25, 0.3) is 0 Å². The number of anilines is 1. The zero-order valence-electron chi connectivity index (χ0n) is 15.3. The molecule has 1 saturated heterocycles. The van der Waals surface area contributed by atoms with Crippen LogP contribution in [0.3, 0.4) is 0 Å². The van der Waals surface area contributed by atoms with Crippen molar-refractivity contribution < 1.29 is 18.0 Å². The van der Waals surface area contributed by atoms with E-state index in [0.717, 1.165) is 23.6 Å². The highest BCUT2D eigenvalue weighted by molar-refractivity contribution is 5.79. The van der Waals surface area contributed by atoms with E-state index in [1.54, 1.807) is 4.90 Å². The highest BCUT2D eigenvalue weighted by Crippen LogP contribution is 2.38. The van der Waals surface area contributed by atoms with Crippen LogP contribution in [-0.4, -0.2) is 47.2 Å². The summed E-state index contributed by atoms with van der Waals surface area (Å²) in [5, 5.41) is 8.61. The molecule has 0 spiro atoms. The average molecular weight is 390 g/mol. The maximum Gasteiger partial charge on any atom is 0.416 e. The first-order valence-corrected chi connectivity index (χ1v) is 9.42. The van der Waals surface area contributed by atoms with E-state index in [0.29, 0.717) is 37.7 Å². The monoisotopic (exact) mass is 390 g/mol. The minimum atomic E-state index is -4.36. The van der Waals surface area contributed by atoms with Gasteiger partial charge in [-0.3, -0.25) is 4.79 Å². The molecule has 1 aliphatic carbocycles. The second-order valence-electron chi connectivity index (χ2n) is 7.33. The highest BCUT2D eigenvalue weighted by Gasteiger charge is 2.30. The van der Waals surface area contributed by atoms with Crippen molar-refractivity contribution in [2.75, 3.05) is 31.1 Å². The van der Waals surface area contributed by atoms with Crippen molar-refractivity contribution in [2.24, 2.45) is 0 Å². The molecule has 0 unspecified atom stereocenters. The lowest BCUT2D eigenvalue weighted by Crippen LogP contribution is -2.49. The first kappa shape index (κ1) is 18.7. The fourth-order valence-corrected chi connectivity index (χ4v) is 3.38. The number of benzene rings is 1. The van der Waals surface area contributed by atoms with Gasteiger partial charge < -0.3 is 9.80 Å². The van der Waals surface area contributed by atoms with Crippen LogP contribution in [0.25, 0.3) is 0 Å². The van der Waals surface area contributed by atoms with Crippen molar-refractivity contribution in [3.8, 4) is 0 Å². The van der Waals surface area contributed by atoms with Crippen molar-refractivity contribution in [3.05, 3.63) is 53.2 Å². The molecule has 0 atom stereocenters. The van der Waals surface area contributed by atoms with E-state index >= 15 is 0 Å².